The number of carbonyl (C=O) groups excluding carboxylic acids is 3. The number of allylic oxidation sites excluding steroid dienone is 5. The molecule has 46 heavy (non-hydrogen) atoms. The normalized spacial score (nSPS) is 18.3. The molecule has 234 valence electrons. The zero-order valence-corrected chi connectivity index (χ0v) is 28.2. The maximum absolute atomic E-state index is 14.6. The minimum atomic E-state index is -0.346. The number of amides is 3. The molecular formula is C41H42N2O3. The van der Waals surface area contributed by atoms with Crippen LogP contribution in [0.4, 0.5) is 0 Å². The average Bonchev–Trinajstić information content (AvgIpc) is 2.98. The van der Waals surface area contributed by atoms with Crippen LogP contribution in [-0.4, -0.2) is 41.1 Å². The van der Waals surface area contributed by atoms with Crippen molar-refractivity contribution in [3.63, 3.8) is 0 Å². The van der Waals surface area contributed by atoms with Crippen molar-refractivity contribution in [3.05, 3.63) is 117 Å². The summed E-state index contributed by atoms with van der Waals surface area (Å²) in [7, 11) is 1.80. The van der Waals surface area contributed by atoms with E-state index in [0.717, 1.165) is 54.8 Å². The molecular weight excluding hydrogens is 568 g/mol. The number of nitrogens with zero attached hydrogens (tertiary/aromatic N) is 2. The summed E-state index contributed by atoms with van der Waals surface area (Å²) in [6, 6.07) is 7.71. The first-order valence-corrected chi connectivity index (χ1v) is 15.9. The maximum atomic E-state index is 14.6. The lowest BCUT2D eigenvalue weighted by atomic mass is 9.79. The van der Waals surface area contributed by atoms with Gasteiger partial charge in [-0.25, -0.2) is 4.90 Å². The Bertz CT molecular complexity index is 2100. The second kappa shape index (κ2) is 10.7. The van der Waals surface area contributed by atoms with Gasteiger partial charge in [0.05, 0.1) is 5.70 Å². The van der Waals surface area contributed by atoms with E-state index in [-0.39, 0.29) is 28.6 Å². The summed E-state index contributed by atoms with van der Waals surface area (Å²) < 4.78 is 0. The van der Waals surface area contributed by atoms with E-state index in [4.69, 9.17) is 0 Å². The van der Waals surface area contributed by atoms with E-state index in [1.807, 2.05) is 61.6 Å². The summed E-state index contributed by atoms with van der Waals surface area (Å²) >= 11 is 0. The Morgan fingerprint density at radius 2 is 1.46 bits per heavy atom. The van der Waals surface area contributed by atoms with Crippen LogP contribution >= 0.6 is 0 Å². The van der Waals surface area contributed by atoms with Crippen molar-refractivity contribution in [1.29, 1.82) is 0 Å². The van der Waals surface area contributed by atoms with E-state index in [1.54, 1.807) is 11.9 Å². The smallest absolute Gasteiger partial charge is 0.265 e. The minimum Gasteiger partial charge on any atom is -0.338 e. The lowest BCUT2D eigenvalue weighted by Gasteiger charge is -2.35. The van der Waals surface area contributed by atoms with E-state index >= 15 is 0 Å². The number of likely N-dealkylation sites (N-methyl/N-ethyl adjacent to an activating group) is 1. The SMILES string of the molecule is C=C1/C=C\c2c3c(c4ccc5c6c(ccc2c64)C(=O)N(C(=C/C(=C)C(C)(C)C)/C(=C\C)C(C)(C)C)C5=O)=CC=C(C3)C(=O)N(C)C1. The van der Waals surface area contributed by atoms with Gasteiger partial charge in [0, 0.05) is 42.1 Å². The molecule has 0 saturated heterocycles. The van der Waals surface area contributed by atoms with Gasteiger partial charge >= 0.3 is 0 Å². The second-order valence-corrected chi connectivity index (χ2v) is 14.8. The Morgan fingerprint density at radius 1 is 0.826 bits per heavy atom. The van der Waals surface area contributed by atoms with Gasteiger partial charge in [0.1, 0.15) is 0 Å². The minimum absolute atomic E-state index is 0.0142. The standard InChI is InChI=1S/C41H42N2O3/c1-11-33(41(7,8)9)34(20-24(3)40(4,5)6)43-38(45)30-18-16-28-26-14-12-23(2)22-42(10)37(44)25-13-15-27(32(26)21-25)29-17-19-31(39(43)46)36(30)35(28)29/h11-20H,2-3,21-22H2,1,4-10H3/b14-12-,33-11+,34-20+. The molecule has 2 aliphatic heterocycles. The molecule has 6 rings (SSSR count). The zero-order valence-electron chi connectivity index (χ0n) is 28.2. The largest absolute Gasteiger partial charge is 0.338 e. The van der Waals surface area contributed by atoms with Crippen LogP contribution in [0.25, 0.3) is 33.7 Å². The highest BCUT2D eigenvalue weighted by Crippen LogP contribution is 2.43. The number of benzene rings is 3. The van der Waals surface area contributed by atoms with Gasteiger partial charge in [-0.15, -0.1) is 0 Å². The van der Waals surface area contributed by atoms with Gasteiger partial charge in [0.25, 0.3) is 11.8 Å². The summed E-state index contributed by atoms with van der Waals surface area (Å²) in [5.41, 5.74) is 6.26. The van der Waals surface area contributed by atoms with Crippen molar-refractivity contribution in [2.45, 2.75) is 54.9 Å². The highest BCUT2D eigenvalue weighted by atomic mass is 16.2. The second-order valence-electron chi connectivity index (χ2n) is 14.8. The van der Waals surface area contributed by atoms with Crippen LogP contribution in [0.5, 0.6) is 0 Å². The van der Waals surface area contributed by atoms with Gasteiger partial charge in [-0.2, -0.15) is 0 Å². The number of hydrogen-bond donors (Lipinski definition) is 0. The topological polar surface area (TPSA) is 57.7 Å². The fraction of sp³-hybridized carbons (Fsp3) is 0.293. The predicted molar refractivity (Wildman–Crippen MR) is 189 cm³/mol. The van der Waals surface area contributed by atoms with E-state index in [0.29, 0.717) is 35.2 Å². The van der Waals surface area contributed by atoms with Gasteiger partial charge < -0.3 is 4.90 Å². The van der Waals surface area contributed by atoms with Gasteiger partial charge in [-0.3, -0.25) is 14.4 Å². The van der Waals surface area contributed by atoms with Gasteiger partial charge in [0.2, 0.25) is 5.91 Å². The number of carbonyl (C=O) groups is 3. The lowest BCUT2D eigenvalue weighted by molar-refractivity contribution is -0.125. The third-order valence-corrected chi connectivity index (χ3v) is 9.51. The highest BCUT2D eigenvalue weighted by Gasteiger charge is 2.39. The molecule has 0 spiro atoms. The molecule has 0 aromatic heterocycles. The molecule has 5 heteroatoms. The van der Waals surface area contributed by atoms with Crippen LogP contribution in [0.3, 0.4) is 0 Å². The van der Waals surface area contributed by atoms with Crippen molar-refractivity contribution in [3.8, 4) is 0 Å². The summed E-state index contributed by atoms with van der Waals surface area (Å²) in [5.74, 6) is -0.707. The number of imide groups is 1. The van der Waals surface area contributed by atoms with Crippen LogP contribution in [-0.2, 0) is 11.2 Å². The first kappa shape index (κ1) is 31.2. The number of fused-ring (bicyclic) bond motifs is 3. The molecule has 0 atom stereocenters. The van der Waals surface area contributed by atoms with E-state index in [1.165, 1.54) is 4.90 Å². The Morgan fingerprint density at radius 3 is 2.04 bits per heavy atom. The third kappa shape index (κ3) is 4.81. The predicted octanol–water partition coefficient (Wildman–Crippen LogP) is 8.09. The van der Waals surface area contributed by atoms with Crippen LogP contribution in [0.1, 0.15) is 80.3 Å². The van der Waals surface area contributed by atoms with E-state index in [9.17, 15) is 14.4 Å². The first-order valence-electron chi connectivity index (χ1n) is 15.9. The highest BCUT2D eigenvalue weighted by molar-refractivity contribution is 6.31. The molecule has 2 heterocycles. The van der Waals surface area contributed by atoms with Gasteiger partial charge in [0.15, 0.2) is 0 Å². The monoisotopic (exact) mass is 610 g/mol. The third-order valence-electron chi connectivity index (χ3n) is 9.51. The summed E-state index contributed by atoms with van der Waals surface area (Å²) in [4.78, 5) is 45.5. The molecule has 1 aliphatic carbocycles. The molecule has 0 unspecified atom stereocenters. The molecule has 3 aliphatic rings. The molecule has 3 amide bonds. The molecule has 0 radical (unpaired) electrons. The molecule has 0 fully saturated rings. The lowest BCUT2D eigenvalue weighted by Crippen LogP contribution is -2.41. The zero-order chi connectivity index (χ0) is 33.5. The molecule has 2 bridgehead atoms. The molecule has 3 aromatic carbocycles. The first-order chi connectivity index (χ1) is 21.5. The summed E-state index contributed by atoms with van der Waals surface area (Å²) in [6.07, 6.45) is 12.4. The number of rotatable bonds is 3. The average molecular weight is 611 g/mol. The summed E-state index contributed by atoms with van der Waals surface area (Å²) in [6.45, 7) is 23.4. The Labute approximate surface area is 271 Å². The number of hydrogen-bond acceptors (Lipinski definition) is 3. The fourth-order valence-electron chi connectivity index (χ4n) is 6.96. The molecule has 0 saturated carbocycles. The van der Waals surface area contributed by atoms with Crippen LogP contribution < -0.4 is 5.22 Å². The Hall–Kier alpha value is -4.77. The molecule has 3 aromatic rings. The molecule has 0 N–H and O–H groups in total. The van der Waals surface area contributed by atoms with E-state index in [2.05, 4.69) is 60.8 Å². The quantitative estimate of drug-likeness (QED) is 0.223. The van der Waals surface area contributed by atoms with Crippen molar-refractivity contribution >= 4 is 51.4 Å². The van der Waals surface area contributed by atoms with Gasteiger partial charge in [-0.05, 0) is 85.2 Å². The van der Waals surface area contributed by atoms with Crippen molar-refractivity contribution < 1.29 is 14.4 Å². The maximum Gasteiger partial charge on any atom is 0.265 e. The van der Waals surface area contributed by atoms with Crippen LogP contribution in [0.15, 0.2) is 89.7 Å². The van der Waals surface area contributed by atoms with Crippen molar-refractivity contribution in [2.75, 3.05) is 13.6 Å². The fourth-order valence-corrected chi connectivity index (χ4v) is 6.96. The molecule has 5 nitrogen and oxygen atoms in total. The Balaban J connectivity index is 1.65. The summed E-state index contributed by atoms with van der Waals surface area (Å²) in [5, 5.41) is 4.49. The van der Waals surface area contributed by atoms with E-state index < -0.39 is 0 Å². The van der Waals surface area contributed by atoms with Crippen LogP contribution in [0.2, 0.25) is 0 Å². The van der Waals surface area contributed by atoms with Gasteiger partial charge in [-0.1, -0.05) is 97.2 Å². The van der Waals surface area contributed by atoms with Crippen molar-refractivity contribution in [1.82, 2.24) is 9.80 Å². The Kier molecular flexibility index (Phi) is 7.23. The van der Waals surface area contributed by atoms with Crippen molar-refractivity contribution in [2.24, 2.45) is 10.8 Å². The van der Waals surface area contributed by atoms with Crippen LogP contribution in [0, 0.1) is 10.8 Å².